The van der Waals surface area contributed by atoms with Gasteiger partial charge in [0, 0.05) is 19.2 Å². The van der Waals surface area contributed by atoms with E-state index in [9.17, 15) is 18.0 Å². The second kappa shape index (κ2) is 5.82. The number of nitrogens with one attached hydrogen (secondary N) is 1. The number of benzene rings is 1. The third-order valence-electron chi connectivity index (χ3n) is 3.28. The molecule has 1 aliphatic heterocycles. The second-order valence-electron chi connectivity index (χ2n) is 5.00. The fourth-order valence-corrected chi connectivity index (χ4v) is 3.54. The first-order valence-electron chi connectivity index (χ1n) is 6.43. The highest BCUT2D eigenvalue weighted by Gasteiger charge is 2.34. The number of rotatable bonds is 4. The van der Waals surface area contributed by atoms with Gasteiger partial charge in [0.1, 0.15) is 6.04 Å². The number of sulfonamides is 1. The zero-order valence-electron chi connectivity index (χ0n) is 11.6. The van der Waals surface area contributed by atoms with Crippen molar-refractivity contribution in [1.82, 2.24) is 9.62 Å². The fourth-order valence-electron chi connectivity index (χ4n) is 2.19. The normalized spacial score (nSPS) is 19.9. The van der Waals surface area contributed by atoms with Gasteiger partial charge < -0.3 is 5.73 Å². The summed E-state index contributed by atoms with van der Waals surface area (Å²) in [6, 6.07) is 5.65. The largest absolute Gasteiger partial charge is 0.399 e. The Labute approximate surface area is 123 Å². The van der Waals surface area contributed by atoms with E-state index < -0.39 is 22.0 Å². The van der Waals surface area contributed by atoms with E-state index in [1.54, 1.807) is 24.3 Å². The summed E-state index contributed by atoms with van der Waals surface area (Å²) in [6.45, 7) is 0. The van der Waals surface area contributed by atoms with Crippen molar-refractivity contribution in [3.63, 3.8) is 0 Å². The third kappa shape index (κ3) is 3.79. The van der Waals surface area contributed by atoms with Gasteiger partial charge in [0.15, 0.2) is 0 Å². The number of nitrogens with zero attached hydrogens (tertiary/aromatic N) is 1. The first-order valence-corrected chi connectivity index (χ1v) is 8.08. The fraction of sp³-hybridized carbons (Fsp3) is 0.385. The maximum atomic E-state index is 12.1. The molecule has 21 heavy (non-hydrogen) atoms. The molecule has 0 aromatic heterocycles. The van der Waals surface area contributed by atoms with Gasteiger partial charge in [0.05, 0.1) is 5.75 Å². The SMILES string of the molecule is CN1C(=O)CCC(NS(=O)(=O)Cc2cccc(N)c2)C1=O. The Morgan fingerprint density at radius 2 is 2.10 bits per heavy atom. The van der Waals surface area contributed by atoms with E-state index in [0.29, 0.717) is 11.3 Å². The Morgan fingerprint density at radius 1 is 1.38 bits per heavy atom. The highest BCUT2D eigenvalue weighted by atomic mass is 32.2. The number of hydrogen-bond acceptors (Lipinski definition) is 5. The van der Waals surface area contributed by atoms with Gasteiger partial charge in [0.25, 0.3) is 0 Å². The molecule has 0 aliphatic carbocycles. The van der Waals surface area contributed by atoms with Gasteiger partial charge in [-0.3, -0.25) is 14.5 Å². The molecule has 0 radical (unpaired) electrons. The van der Waals surface area contributed by atoms with Gasteiger partial charge in [-0.2, -0.15) is 0 Å². The predicted octanol–water partition coefficient (Wildman–Crippen LogP) is -0.164. The van der Waals surface area contributed by atoms with Crippen LogP contribution in [-0.4, -0.2) is 38.2 Å². The van der Waals surface area contributed by atoms with Crippen molar-refractivity contribution >= 4 is 27.5 Å². The van der Waals surface area contributed by atoms with E-state index in [0.717, 1.165) is 4.90 Å². The van der Waals surface area contributed by atoms with Crippen molar-refractivity contribution in [3.8, 4) is 0 Å². The Kier molecular flexibility index (Phi) is 4.29. The summed E-state index contributed by atoms with van der Waals surface area (Å²) in [5.41, 5.74) is 6.61. The molecule has 2 rings (SSSR count). The lowest BCUT2D eigenvalue weighted by Gasteiger charge is -2.28. The molecule has 1 aromatic rings. The third-order valence-corrected chi connectivity index (χ3v) is 4.64. The molecular weight excluding hydrogens is 294 g/mol. The van der Waals surface area contributed by atoms with E-state index in [-0.39, 0.29) is 24.5 Å². The number of carbonyl (C=O) groups excluding carboxylic acids is 2. The van der Waals surface area contributed by atoms with E-state index in [1.165, 1.54) is 7.05 Å². The minimum atomic E-state index is -3.69. The van der Waals surface area contributed by atoms with Gasteiger partial charge >= 0.3 is 0 Å². The van der Waals surface area contributed by atoms with Gasteiger partial charge in [-0.15, -0.1) is 0 Å². The molecule has 2 amide bonds. The Hall–Kier alpha value is -1.93. The Bertz CT molecular complexity index is 672. The molecule has 114 valence electrons. The number of amides is 2. The lowest BCUT2D eigenvalue weighted by molar-refractivity contribution is -0.147. The minimum absolute atomic E-state index is 0.147. The van der Waals surface area contributed by atoms with Crippen LogP contribution in [0, 0.1) is 0 Å². The van der Waals surface area contributed by atoms with Crippen molar-refractivity contribution in [2.75, 3.05) is 12.8 Å². The first-order chi connectivity index (χ1) is 9.78. The number of likely N-dealkylation sites (tertiary alicyclic amines) is 1. The van der Waals surface area contributed by atoms with Crippen LogP contribution in [0.5, 0.6) is 0 Å². The summed E-state index contributed by atoms with van der Waals surface area (Å²) < 4.78 is 26.6. The standard InChI is InChI=1S/C13H17N3O4S/c1-16-12(17)6-5-11(13(16)18)15-21(19,20)8-9-3-2-4-10(14)7-9/h2-4,7,11,15H,5-6,8,14H2,1H3. The van der Waals surface area contributed by atoms with Crippen LogP contribution in [0.1, 0.15) is 18.4 Å². The highest BCUT2D eigenvalue weighted by Crippen LogP contribution is 2.14. The van der Waals surface area contributed by atoms with E-state index in [4.69, 9.17) is 5.73 Å². The summed E-state index contributed by atoms with van der Waals surface area (Å²) in [4.78, 5) is 24.2. The molecule has 1 fully saturated rings. The van der Waals surface area contributed by atoms with Crippen molar-refractivity contribution in [3.05, 3.63) is 29.8 Å². The molecule has 0 saturated carbocycles. The van der Waals surface area contributed by atoms with Crippen LogP contribution in [0.3, 0.4) is 0 Å². The molecule has 0 bridgehead atoms. The van der Waals surface area contributed by atoms with Crippen molar-refractivity contribution < 1.29 is 18.0 Å². The average Bonchev–Trinajstić information content (AvgIpc) is 2.39. The van der Waals surface area contributed by atoms with Crippen molar-refractivity contribution in [2.45, 2.75) is 24.6 Å². The Balaban J connectivity index is 2.07. The van der Waals surface area contributed by atoms with Crippen LogP contribution in [0.2, 0.25) is 0 Å². The molecule has 1 unspecified atom stereocenters. The molecule has 1 saturated heterocycles. The van der Waals surface area contributed by atoms with Crippen LogP contribution >= 0.6 is 0 Å². The van der Waals surface area contributed by atoms with Crippen molar-refractivity contribution in [2.24, 2.45) is 0 Å². The molecule has 1 atom stereocenters. The number of anilines is 1. The minimum Gasteiger partial charge on any atom is -0.399 e. The molecule has 1 aliphatic rings. The number of carbonyl (C=O) groups is 2. The summed E-state index contributed by atoms with van der Waals surface area (Å²) in [7, 11) is -2.34. The summed E-state index contributed by atoms with van der Waals surface area (Å²) in [5.74, 6) is -1.09. The van der Waals surface area contributed by atoms with Crippen LogP contribution < -0.4 is 10.5 Å². The maximum absolute atomic E-state index is 12.1. The summed E-state index contributed by atoms with van der Waals surface area (Å²) >= 11 is 0. The molecule has 1 aromatic carbocycles. The Morgan fingerprint density at radius 3 is 2.76 bits per heavy atom. The number of piperidine rings is 1. The predicted molar refractivity (Wildman–Crippen MR) is 77.4 cm³/mol. The maximum Gasteiger partial charge on any atom is 0.247 e. The van der Waals surface area contributed by atoms with Gasteiger partial charge in [-0.05, 0) is 24.1 Å². The molecule has 1 heterocycles. The molecule has 8 heteroatoms. The molecule has 3 N–H and O–H groups in total. The number of nitrogens with two attached hydrogens (primary N) is 1. The highest BCUT2D eigenvalue weighted by molar-refractivity contribution is 7.88. The summed E-state index contributed by atoms with van der Waals surface area (Å²) in [5, 5.41) is 0. The van der Waals surface area contributed by atoms with Gasteiger partial charge in [-0.1, -0.05) is 12.1 Å². The monoisotopic (exact) mass is 311 g/mol. The quantitative estimate of drug-likeness (QED) is 0.593. The van der Waals surface area contributed by atoms with E-state index in [2.05, 4.69) is 4.72 Å². The van der Waals surface area contributed by atoms with E-state index >= 15 is 0 Å². The molecule has 0 spiro atoms. The smallest absolute Gasteiger partial charge is 0.247 e. The number of hydrogen-bond donors (Lipinski definition) is 2. The number of likely N-dealkylation sites (N-methyl/N-ethyl adjacent to an activating group) is 1. The topological polar surface area (TPSA) is 110 Å². The van der Waals surface area contributed by atoms with E-state index in [1.807, 2.05) is 0 Å². The molecule has 7 nitrogen and oxygen atoms in total. The van der Waals surface area contributed by atoms with Crippen LogP contribution in [0.15, 0.2) is 24.3 Å². The number of nitrogen functional groups attached to an aromatic ring is 1. The van der Waals surface area contributed by atoms with Crippen LogP contribution in [-0.2, 0) is 25.4 Å². The van der Waals surface area contributed by atoms with Gasteiger partial charge in [-0.25, -0.2) is 13.1 Å². The average molecular weight is 311 g/mol. The zero-order chi connectivity index (χ0) is 15.6. The number of imide groups is 1. The molecular formula is C13H17N3O4S. The second-order valence-corrected chi connectivity index (χ2v) is 6.76. The zero-order valence-corrected chi connectivity index (χ0v) is 12.4. The first kappa shape index (κ1) is 15.5. The summed E-state index contributed by atoms with van der Waals surface area (Å²) in [6.07, 6.45) is 0.325. The van der Waals surface area contributed by atoms with Crippen molar-refractivity contribution in [1.29, 1.82) is 0 Å². The lowest BCUT2D eigenvalue weighted by atomic mass is 10.1. The van der Waals surface area contributed by atoms with Crippen LogP contribution in [0.4, 0.5) is 5.69 Å². The van der Waals surface area contributed by atoms with Gasteiger partial charge in [0.2, 0.25) is 21.8 Å². The lowest BCUT2D eigenvalue weighted by Crippen LogP contribution is -2.53. The van der Waals surface area contributed by atoms with Crippen LogP contribution in [0.25, 0.3) is 0 Å².